The molecular weight excluding hydrogens is 340 g/mol. The van der Waals surface area contributed by atoms with Crippen molar-refractivity contribution in [2.75, 3.05) is 17.2 Å². The summed E-state index contributed by atoms with van der Waals surface area (Å²) in [6.07, 6.45) is 1.90. The van der Waals surface area contributed by atoms with Crippen LogP contribution >= 0.6 is 11.6 Å². The van der Waals surface area contributed by atoms with Crippen LogP contribution in [0.25, 0.3) is 0 Å². The fourth-order valence-electron chi connectivity index (χ4n) is 2.29. The quantitative estimate of drug-likeness (QED) is 0.819. The van der Waals surface area contributed by atoms with E-state index in [1.54, 1.807) is 36.4 Å². The largest absolute Gasteiger partial charge is 0.484 e. The third-order valence-electron chi connectivity index (χ3n) is 3.91. The molecule has 1 saturated carbocycles. The number of ether oxygens (including phenoxy) is 1. The standard InChI is InChI=1S/C19H19ClN2O3/c1-12-2-7-15(10-17(12)22-19(24)13-3-4-13)21-18(23)11-25-16-8-5-14(20)6-9-16/h2,5-10,13H,3-4,11H2,1H3,(H,21,23)(H,22,24). The molecule has 1 fully saturated rings. The fourth-order valence-corrected chi connectivity index (χ4v) is 2.42. The van der Waals surface area contributed by atoms with E-state index in [2.05, 4.69) is 10.6 Å². The highest BCUT2D eigenvalue weighted by Crippen LogP contribution is 2.31. The van der Waals surface area contributed by atoms with Gasteiger partial charge in [-0.25, -0.2) is 0 Å². The average Bonchev–Trinajstić information content (AvgIpc) is 3.42. The molecule has 0 unspecified atom stereocenters. The van der Waals surface area contributed by atoms with Crippen LogP contribution in [0.1, 0.15) is 18.4 Å². The fraction of sp³-hybridized carbons (Fsp3) is 0.263. The summed E-state index contributed by atoms with van der Waals surface area (Å²) < 4.78 is 5.41. The number of carbonyl (C=O) groups excluding carboxylic acids is 2. The summed E-state index contributed by atoms with van der Waals surface area (Å²) in [6, 6.07) is 12.2. The van der Waals surface area contributed by atoms with E-state index in [9.17, 15) is 9.59 Å². The maximum absolute atomic E-state index is 12.0. The molecule has 1 aliphatic rings. The summed E-state index contributed by atoms with van der Waals surface area (Å²) >= 11 is 5.80. The highest BCUT2D eigenvalue weighted by atomic mass is 35.5. The van der Waals surface area contributed by atoms with Gasteiger partial charge in [-0.1, -0.05) is 17.7 Å². The Kier molecular flexibility index (Phi) is 5.24. The molecule has 0 atom stereocenters. The molecule has 6 heteroatoms. The van der Waals surface area contributed by atoms with Gasteiger partial charge in [0.25, 0.3) is 5.91 Å². The molecule has 0 spiro atoms. The van der Waals surface area contributed by atoms with Gasteiger partial charge in [-0.05, 0) is 61.7 Å². The molecule has 0 radical (unpaired) electrons. The van der Waals surface area contributed by atoms with Crippen molar-refractivity contribution in [1.29, 1.82) is 0 Å². The summed E-state index contributed by atoms with van der Waals surface area (Å²) in [5, 5.41) is 6.29. The average molecular weight is 359 g/mol. The molecule has 130 valence electrons. The first-order valence-corrected chi connectivity index (χ1v) is 8.49. The number of amides is 2. The number of anilines is 2. The first-order valence-electron chi connectivity index (χ1n) is 8.11. The number of hydrogen-bond acceptors (Lipinski definition) is 3. The molecule has 2 aromatic carbocycles. The number of rotatable bonds is 6. The van der Waals surface area contributed by atoms with Crippen molar-refractivity contribution < 1.29 is 14.3 Å². The Morgan fingerprint density at radius 2 is 1.84 bits per heavy atom. The predicted octanol–water partition coefficient (Wildman–Crippen LogP) is 4.01. The van der Waals surface area contributed by atoms with Crippen LogP contribution in [0.5, 0.6) is 5.75 Å². The lowest BCUT2D eigenvalue weighted by molar-refractivity contribution is -0.118. The third kappa shape index (κ3) is 4.97. The van der Waals surface area contributed by atoms with Crippen molar-refractivity contribution in [2.45, 2.75) is 19.8 Å². The molecule has 2 amide bonds. The Balaban J connectivity index is 1.56. The normalized spacial score (nSPS) is 13.2. The minimum Gasteiger partial charge on any atom is -0.484 e. The van der Waals surface area contributed by atoms with Gasteiger partial charge in [-0.15, -0.1) is 0 Å². The van der Waals surface area contributed by atoms with Crippen LogP contribution in [0.4, 0.5) is 11.4 Å². The molecule has 0 heterocycles. The van der Waals surface area contributed by atoms with Crippen molar-refractivity contribution in [3.8, 4) is 5.75 Å². The smallest absolute Gasteiger partial charge is 0.262 e. The Morgan fingerprint density at radius 1 is 1.12 bits per heavy atom. The molecule has 2 aromatic rings. The van der Waals surface area contributed by atoms with Crippen LogP contribution in [-0.2, 0) is 9.59 Å². The number of hydrogen-bond donors (Lipinski definition) is 2. The topological polar surface area (TPSA) is 67.4 Å². The van der Waals surface area contributed by atoms with Crippen LogP contribution in [0.3, 0.4) is 0 Å². The Morgan fingerprint density at radius 3 is 2.52 bits per heavy atom. The molecule has 0 aliphatic heterocycles. The van der Waals surface area contributed by atoms with Gasteiger partial charge in [0.15, 0.2) is 6.61 Å². The van der Waals surface area contributed by atoms with E-state index in [1.165, 1.54) is 0 Å². The minimum atomic E-state index is -0.279. The second-order valence-electron chi connectivity index (χ2n) is 6.08. The van der Waals surface area contributed by atoms with Gasteiger partial charge >= 0.3 is 0 Å². The Hall–Kier alpha value is -2.53. The molecule has 0 aromatic heterocycles. The minimum absolute atomic E-state index is 0.0395. The summed E-state index contributed by atoms with van der Waals surface area (Å²) in [7, 11) is 0. The molecule has 3 rings (SSSR count). The zero-order chi connectivity index (χ0) is 17.8. The lowest BCUT2D eigenvalue weighted by atomic mass is 10.1. The number of carbonyl (C=O) groups is 2. The molecule has 25 heavy (non-hydrogen) atoms. The number of benzene rings is 2. The molecule has 1 aliphatic carbocycles. The molecule has 0 bridgehead atoms. The maximum Gasteiger partial charge on any atom is 0.262 e. The summed E-state index contributed by atoms with van der Waals surface area (Å²) in [5.41, 5.74) is 2.28. The second kappa shape index (κ2) is 7.57. The van der Waals surface area contributed by atoms with E-state index in [4.69, 9.17) is 16.3 Å². The summed E-state index contributed by atoms with van der Waals surface area (Å²) in [5.74, 6) is 0.460. The lowest BCUT2D eigenvalue weighted by Crippen LogP contribution is -2.20. The summed E-state index contributed by atoms with van der Waals surface area (Å²) in [6.45, 7) is 1.80. The van der Waals surface area contributed by atoms with Gasteiger partial charge in [-0.2, -0.15) is 0 Å². The van der Waals surface area contributed by atoms with E-state index in [-0.39, 0.29) is 24.3 Å². The van der Waals surface area contributed by atoms with Crippen molar-refractivity contribution in [3.63, 3.8) is 0 Å². The van der Waals surface area contributed by atoms with Gasteiger partial charge in [0.1, 0.15) is 5.75 Å². The third-order valence-corrected chi connectivity index (χ3v) is 4.16. The molecule has 5 nitrogen and oxygen atoms in total. The van der Waals surface area contributed by atoms with Crippen molar-refractivity contribution >= 4 is 34.8 Å². The van der Waals surface area contributed by atoms with Gasteiger partial charge in [0.05, 0.1) is 0 Å². The monoisotopic (exact) mass is 358 g/mol. The van der Waals surface area contributed by atoms with Crippen molar-refractivity contribution in [1.82, 2.24) is 0 Å². The molecule has 0 saturated heterocycles. The van der Waals surface area contributed by atoms with Gasteiger partial charge in [0, 0.05) is 22.3 Å². The number of aryl methyl sites for hydroxylation is 1. The first-order chi connectivity index (χ1) is 12.0. The van der Waals surface area contributed by atoms with Crippen LogP contribution in [-0.4, -0.2) is 18.4 Å². The van der Waals surface area contributed by atoms with Gasteiger partial charge in [0.2, 0.25) is 5.91 Å². The lowest BCUT2D eigenvalue weighted by Gasteiger charge is -2.12. The van der Waals surface area contributed by atoms with E-state index < -0.39 is 0 Å². The second-order valence-corrected chi connectivity index (χ2v) is 6.52. The molecule has 2 N–H and O–H groups in total. The number of nitrogens with one attached hydrogen (secondary N) is 2. The first kappa shape index (κ1) is 17.3. The number of halogens is 1. The SMILES string of the molecule is Cc1ccc(NC(=O)COc2ccc(Cl)cc2)cc1NC(=O)C1CC1. The zero-order valence-electron chi connectivity index (χ0n) is 13.8. The van der Waals surface area contributed by atoms with Gasteiger partial charge < -0.3 is 15.4 Å². The highest BCUT2D eigenvalue weighted by Gasteiger charge is 2.29. The van der Waals surface area contributed by atoms with Crippen molar-refractivity contribution in [2.24, 2.45) is 5.92 Å². The highest BCUT2D eigenvalue weighted by molar-refractivity contribution is 6.30. The van der Waals surface area contributed by atoms with E-state index >= 15 is 0 Å². The van der Waals surface area contributed by atoms with E-state index in [0.29, 0.717) is 22.1 Å². The predicted molar refractivity (Wildman–Crippen MR) is 98.1 cm³/mol. The Bertz CT molecular complexity index is 786. The van der Waals surface area contributed by atoms with Crippen LogP contribution in [0.15, 0.2) is 42.5 Å². The van der Waals surface area contributed by atoms with E-state index in [1.807, 2.05) is 13.0 Å². The van der Waals surface area contributed by atoms with Crippen LogP contribution < -0.4 is 15.4 Å². The maximum atomic E-state index is 12.0. The van der Waals surface area contributed by atoms with E-state index in [0.717, 1.165) is 18.4 Å². The van der Waals surface area contributed by atoms with Gasteiger partial charge in [-0.3, -0.25) is 9.59 Å². The van der Waals surface area contributed by atoms with Crippen LogP contribution in [0, 0.1) is 12.8 Å². The van der Waals surface area contributed by atoms with Crippen molar-refractivity contribution in [3.05, 3.63) is 53.1 Å². The molecular formula is C19H19ClN2O3. The zero-order valence-corrected chi connectivity index (χ0v) is 14.6. The summed E-state index contributed by atoms with van der Waals surface area (Å²) in [4.78, 5) is 24.0. The Labute approximate surface area is 151 Å². The van der Waals surface area contributed by atoms with Crippen LogP contribution in [0.2, 0.25) is 5.02 Å².